The van der Waals surface area contributed by atoms with Crippen LogP contribution < -0.4 is 4.74 Å². The molecule has 0 aliphatic rings. The van der Waals surface area contributed by atoms with Gasteiger partial charge in [-0.05, 0) is 29.7 Å². The van der Waals surface area contributed by atoms with Gasteiger partial charge in [0.05, 0.1) is 0 Å². The van der Waals surface area contributed by atoms with E-state index >= 15 is 0 Å². The molecular weight excluding hydrogens is 350 g/mol. The summed E-state index contributed by atoms with van der Waals surface area (Å²) in [5.74, 6) is -1.98. The standard InChI is InChI=1S/C14H12F2O7S/c15-14(16,24(19,20)21)13(18)23-7-6-22-10-4-5-11-9(8-10)2-1-3-12(11)17/h1-5,8,17H,6-7H2,(H,19,20,21). The molecular formula is C14H12F2O7S. The van der Waals surface area contributed by atoms with Crippen LogP contribution in [0.2, 0.25) is 0 Å². The molecule has 0 saturated carbocycles. The van der Waals surface area contributed by atoms with Crippen LogP contribution in [-0.2, 0) is 19.6 Å². The molecule has 2 aromatic rings. The summed E-state index contributed by atoms with van der Waals surface area (Å²) in [6, 6.07) is 9.52. The second-order valence-corrected chi connectivity index (χ2v) is 6.10. The van der Waals surface area contributed by atoms with Gasteiger partial charge in [0.2, 0.25) is 0 Å². The van der Waals surface area contributed by atoms with Crippen molar-refractivity contribution in [2.75, 3.05) is 13.2 Å². The Morgan fingerprint density at radius 2 is 1.88 bits per heavy atom. The molecule has 0 heterocycles. The summed E-state index contributed by atoms with van der Waals surface area (Å²) < 4.78 is 64.0. The lowest BCUT2D eigenvalue weighted by Gasteiger charge is -2.12. The van der Waals surface area contributed by atoms with Crippen LogP contribution in [0.5, 0.6) is 11.5 Å². The van der Waals surface area contributed by atoms with Crippen LogP contribution >= 0.6 is 0 Å². The molecule has 0 aliphatic carbocycles. The molecule has 2 aromatic carbocycles. The van der Waals surface area contributed by atoms with Gasteiger partial charge in [-0.25, -0.2) is 4.79 Å². The number of aromatic hydroxyl groups is 1. The second kappa shape index (κ2) is 6.57. The number of phenolic OH excluding ortho intramolecular Hbond substituents is 1. The van der Waals surface area contributed by atoms with Crippen molar-refractivity contribution in [3.05, 3.63) is 36.4 Å². The van der Waals surface area contributed by atoms with Gasteiger partial charge in [0, 0.05) is 5.39 Å². The van der Waals surface area contributed by atoms with Gasteiger partial charge in [0.15, 0.2) is 0 Å². The normalized spacial score (nSPS) is 12.1. The van der Waals surface area contributed by atoms with Crippen LogP contribution in [0.1, 0.15) is 0 Å². The van der Waals surface area contributed by atoms with Crippen molar-refractivity contribution in [2.45, 2.75) is 5.25 Å². The monoisotopic (exact) mass is 362 g/mol. The maximum Gasteiger partial charge on any atom is 0.465 e. The molecule has 10 heteroatoms. The van der Waals surface area contributed by atoms with Gasteiger partial charge in [-0.15, -0.1) is 0 Å². The Morgan fingerprint density at radius 3 is 2.54 bits per heavy atom. The Balaban J connectivity index is 1.92. The van der Waals surface area contributed by atoms with E-state index in [1.54, 1.807) is 24.3 Å². The highest BCUT2D eigenvalue weighted by atomic mass is 32.2. The van der Waals surface area contributed by atoms with E-state index in [2.05, 4.69) is 4.74 Å². The predicted octanol–water partition coefficient (Wildman–Crippen LogP) is 1.95. The molecule has 0 bridgehead atoms. The first kappa shape index (κ1) is 17.9. The highest BCUT2D eigenvalue weighted by Gasteiger charge is 2.54. The predicted molar refractivity (Wildman–Crippen MR) is 78.6 cm³/mol. The minimum absolute atomic E-state index is 0.0837. The molecule has 0 amide bonds. The zero-order valence-electron chi connectivity index (χ0n) is 12.0. The van der Waals surface area contributed by atoms with Gasteiger partial charge in [-0.3, -0.25) is 4.55 Å². The Hall–Kier alpha value is -2.46. The van der Waals surface area contributed by atoms with Crippen molar-refractivity contribution in [3.63, 3.8) is 0 Å². The third-order valence-electron chi connectivity index (χ3n) is 2.98. The van der Waals surface area contributed by atoms with Crippen molar-refractivity contribution < 1.29 is 41.1 Å². The fourth-order valence-corrected chi connectivity index (χ4v) is 2.09. The van der Waals surface area contributed by atoms with E-state index in [9.17, 15) is 27.1 Å². The van der Waals surface area contributed by atoms with E-state index in [4.69, 9.17) is 9.29 Å². The van der Waals surface area contributed by atoms with Crippen LogP contribution in [0.3, 0.4) is 0 Å². The number of ether oxygens (including phenoxy) is 2. The molecule has 7 nitrogen and oxygen atoms in total. The van der Waals surface area contributed by atoms with Crippen LogP contribution in [0, 0.1) is 0 Å². The van der Waals surface area contributed by atoms with Gasteiger partial charge < -0.3 is 14.6 Å². The first-order chi connectivity index (χ1) is 11.1. The number of hydrogen-bond acceptors (Lipinski definition) is 6. The molecule has 0 radical (unpaired) electrons. The number of benzene rings is 2. The number of esters is 1. The molecule has 0 aliphatic heterocycles. The molecule has 24 heavy (non-hydrogen) atoms. The summed E-state index contributed by atoms with van der Waals surface area (Å²) in [5.41, 5.74) is 0. The Kier molecular flexibility index (Phi) is 4.90. The molecule has 0 atom stereocenters. The minimum Gasteiger partial charge on any atom is -0.507 e. The third-order valence-corrected chi connectivity index (χ3v) is 3.79. The average molecular weight is 362 g/mol. The number of alkyl halides is 2. The number of halogens is 2. The van der Waals surface area contributed by atoms with E-state index in [-0.39, 0.29) is 12.4 Å². The van der Waals surface area contributed by atoms with E-state index in [0.29, 0.717) is 16.5 Å². The number of fused-ring (bicyclic) bond motifs is 1. The molecule has 0 aromatic heterocycles. The van der Waals surface area contributed by atoms with Gasteiger partial charge in [0.1, 0.15) is 24.7 Å². The Bertz CT molecular complexity index is 865. The maximum atomic E-state index is 12.9. The van der Waals surface area contributed by atoms with E-state index in [1.165, 1.54) is 12.1 Å². The average Bonchev–Trinajstić information content (AvgIpc) is 2.50. The van der Waals surface area contributed by atoms with Crippen molar-refractivity contribution in [3.8, 4) is 11.5 Å². The van der Waals surface area contributed by atoms with Crippen LogP contribution in [-0.4, -0.2) is 42.5 Å². The first-order valence-corrected chi connectivity index (χ1v) is 7.93. The van der Waals surface area contributed by atoms with Crippen LogP contribution in [0.15, 0.2) is 36.4 Å². The summed E-state index contributed by atoms with van der Waals surface area (Å²) in [6.07, 6.45) is 0. The fourth-order valence-electron chi connectivity index (χ4n) is 1.82. The topological polar surface area (TPSA) is 110 Å². The minimum atomic E-state index is -5.89. The lowest BCUT2D eigenvalue weighted by atomic mass is 10.1. The third kappa shape index (κ3) is 3.71. The summed E-state index contributed by atoms with van der Waals surface area (Å²) in [5, 5.41) is 5.86. The Labute approximate surface area is 135 Å². The lowest BCUT2D eigenvalue weighted by molar-refractivity contribution is -0.162. The highest BCUT2D eigenvalue weighted by Crippen LogP contribution is 2.27. The number of rotatable bonds is 6. The summed E-state index contributed by atoms with van der Waals surface area (Å²) in [4.78, 5) is 10.9. The Morgan fingerprint density at radius 1 is 1.17 bits per heavy atom. The number of hydrogen-bond donors (Lipinski definition) is 2. The van der Waals surface area contributed by atoms with E-state index in [1.807, 2.05) is 0 Å². The second-order valence-electron chi connectivity index (χ2n) is 4.64. The maximum absolute atomic E-state index is 12.9. The molecule has 2 rings (SSSR count). The van der Waals surface area contributed by atoms with Crippen molar-refractivity contribution >= 4 is 26.9 Å². The van der Waals surface area contributed by atoms with Gasteiger partial charge >= 0.3 is 21.3 Å². The van der Waals surface area contributed by atoms with Crippen molar-refractivity contribution in [1.29, 1.82) is 0 Å². The van der Waals surface area contributed by atoms with Crippen LogP contribution in [0.25, 0.3) is 10.8 Å². The number of phenols is 1. The molecule has 130 valence electrons. The quantitative estimate of drug-likeness (QED) is 0.459. The zero-order chi connectivity index (χ0) is 18.0. The summed E-state index contributed by atoms with van der Waals surface area (Å²) in [6.45, 7) is -0.973. The zero-order valence-corrected chi connectivity index (χ0v) is 12.8. The van der Waals surface area contributed by atoms with E-state index < -0.39 is 27.9 Å². The van der Waals surface area contributed by atoms with Crippen molar-refractivity contribution in [2.24, 2.45) is 0 Å². The smallest absolute Gasteiger partial charge is 0.465 e. The number of carbonyl (C=O) groups excluding carboxylic acids is 1. The molecule has 2 N–H and O–H groups in total. The molecule has 0 spiro atoms. The van der Waals surface area contributed by atoms with Gasteiger partial charge in [0.25, 0.3) is 0 Å². The number of carbonyl (C=O) groups is 1. The highest BCUT2D eigenvalue weighted by molar-refractivity contribution is 7.87. The first-order valence-electron chi connectivity index (χ1n) is 6.49. The summed E-state index contributed by atoms with van der Waals surface area (Å²) in [7, 11) is -5.89. The molecule has 0 unspecified atom stereocenters. The van der Waals surface area contributed by atoms with E-state index in [0.717, 1.165) is 0 Å². The fraction of sp³-hybridized carbons (Fsp3) is 0.214. The van der Waals surface area contributed by atoms with Gasteiger partial charge in [-0.2, -0.15) is 17.2 Å². The SMILES string of the molecule is O=C(OCCOc1ccc2c(O)cccc2c1)C(F)(F)S(=O)(=O)O. The molecule has 0 saturated heterocycles. The van der Waals surface area contributed by atoms with Crippen molar-refractivity contribution in [1.82, 2.24) is 0 Å². The van der Waals surface area contributed by atoms with Crippen LogP contribution in [0.4, 0.5) is 8.78 Å². The lowest BCUT2D eigenvalue weighted by Crippen LogP contribution is -2.39. The largest absolute Gasteiger partial charge is 0.507 e. The molecule has 0 fully saturated rings. The summed E-state index contributed by atoms with van der Waals surface area (Å²) >= 11 is 0. The van der Waals surface area contributed by atoms with Gasteiger partial charge in [-0.1, -0.05) is 12.1 Å².